The van der Waals surface area contributed by atoms with Crippen LogP contribution in [0.3, 0.4) is 0 Å². The number of nitrogens with zero attached hydrogens (tertiary/aromatic N) is 4. The molecule has 0 radical (unpaired) electrons. The number of halogens is 2. The molecule has 0 unspecified atom stereocenters. The van der Waals surface area contributed by atoms with E-state index in [1.54, 1.807) is 24.3 Å². The molecule has 0 aliphatic carbocycles. The summed E-state index contributed by atoms with van der Waals surface area (Å²) in [5, 5.41) is 0. The molecule has 4 nitrogen and oxygen atoms in total. The van der Waals surface area contributed by atoms with Crippen LogP contribution in [0, 0.1) is 0 Å². The van der Waals surface area contributed by atoms with Crippen molar-refractivity contribution >= 4 is 22.8 Å². The summed E-state index contributed by atoms with van der Waals surface area (Å²) < 4.78 is 28.4. The first-order valence-corrected chi connectivity index (χ1v) is 7.96. The van der Waals surface area contributed by atoms with Gasteiger partial charge in [-0.05, 0) is 60.8 Å². The van der Waals surface area contributed by atoms with Crippen LogP contribution in [0.5, 0.6) is 0 Å². The monoisotopic (exact) mass is 344 g/mol. The summed E-state index contributed by atoms with van der Waals surface area (Å²) in [5.41, 5.74) is 3.71. The fourth-order valence-electron chi connectivity index (χ4n) is 2.89. The quantitative estimate of drug-likeness (QED) is 0.633. The lowest BCUT2D eigenvalue weighted by Gasteiger charge is -1.94. The molecule has 124 valence electrons. The molecule has 0 aromatic rings. The molecule has 0 aromatic heterocycles. The molecule has 26 heavy (non-hydrogen) atoms. The number of fused-ring (bicyclic) bond motifs is 4. The lowest BCUT2D eigenvalue weighted by molar-refractivity contribution is 0.581. The predicted molar refractivity (Wildman–Crippen MR) is 98.7 cm³/mol. The molecule has 0 fully saturated rings. The molecule has 5 aliphatic rings. The first-order valence-electron chi connectivity index (χ1n) is 7.96. The van der Waals surface area contributed by atoms with Crippen LogP contribution >= 0.6 is 0 Å². The second-order valence-corrected chi connectivity index (χ2v) is 5.97. The fraction of sp³-hybridized carbons (Fsp3) is 0. The number of hydrogen-bond acceptors (Lipinski definition) is 4. The largest absolute Gasteiger partial charge is 0.249 e. The summed E-state index contributed by atoms with van der Waals surface area (Å²) in [6.45, 7) is 0. The van der Waals surface area contributed by atoms with E-state index in [1.165, 1.54) is 12.2 Å². The van der Waals surface area contributed by atoms with Gasteiger partial charge < -0.3 is 0 Å². The van der Waals surface area contributed by atoms with E-state index in [-0.39, 0.29) is 11.4 Å². The topological polar surface area (TPSA) is 49.4 Å². The predicted octanol–water partition coefficient (Wildman–Crippen LogP) is 4.17. The smallest absolute Gasteiger partial charge is 0.186 e. The number of aliphatic imine (C=N–C) groups is 4. The van der Waals surface area contributed by atoms with Crippen LogP contribution in [-0.2, 0) is 0 Å². The van der Waals surface area contributed by atoms with Crippen molar-refractivity contribution in [2.75, 3.05) is 0 Å². The maximum absolute atomic E-state index is 14.2. The van der Waals surface area contributed by atoms with Crippen LogP contribution in [0.15, 0.2) is 115 Å². The van der Waals surface area contributed by atoms with Gasteiger partial charge >= 0.3 is 0 Å². The summed E-state index contributed by atoms with van der Waals surface area (Å²) in [6, 6.07) is 0. The molecule has 0 aromatic carbocycles. The molecule has 0 amide bonds. The summed E-state index contributed by atoms with van der Waals surface area (Å²) in [4.78, 5) is 17.3. The minimum atomic E-state index is -0.991. The van der Waals surface area contributed by atoms with Gasteiger partial charge in [-0.25, -0.2) is 28.8 Å². The highest BCUT2D eigenvalue weighted by Crippen LogP contribution is 2.30. The summed E-state index contributed by atoms with van der Waals surface area (Å²) in [5.74, 6) is -1.98. The third kappa shape index (κ3) is 2.52. The maximum Gasteiger partial charge on any atom is 0.186 e. The van der Waals surface area contributed by atoms with E-state index in [4.69, 9.17) is 0 Å². The van der Waals surface area contributed by atoms with Gasteiger partial charge in [-0.2, -0.15) is 0 Å². The van der Waals surface area contributed by atoms with Gasteiger partial charge in [0, 0.05) is 0 Å². The van der Waals surface area contributed by atoms with E-state index in [0.29, 0.717) is 22.8 Å². The van der Waals surface area contributed by atoms with E-state index in [1.807, 2.05) is 24.3 Å². The van der Waals surface area contributed by atoms with Gasteiger partial charge in [0.15, 0.2) is 11.7 Å². The van der Waals surface area contributed by atoms with Crippen molar-refractivity contribution < 1.29 is 8.78 Å². The number of rotatable bonds is 0. The van der Waals surface area contributed by atoms with Crippen molar-refractivity contribution in [1.29, 1.82) is 0 Å². The lowest BCUT2D eigenvalue weighted by atomic mass is 10.2. The Hall–Kier alpha value is -3.54. The molecule has 0 N–H and O–H groups in total. The van der Waals surface area contributed by atoms with Crippen molar-refractivity contribution in [2.24, 2.45) is 20.0 Å². The molecule has 0 spiro atoms. The average molecular weight is 344 g/mol. The molecule has 5 aliphatic heterocycles. The maximum atomic E-state index is 14.2. The third-order valence-corrected chi connectivity index (χ3v) is 4.09. The Morgan fingerprint density at radius 1 is 0.500 bits per heavy atom. The van der Waals surface area contributed by atoms with Crippen molar-refractivity contribution in [2.45, 2.75) is 0 Å². The average Bonchev–Trinajstić information content (AvgIpc) is 3.38. The zero-order valence-electron chi connectivity index (χ0n) is 13.3. The number of allylic oxidation sites excluding steroid dienone is 12. The van der Waals surface area contributed by atoms with Crippen LogP contribution in [0.2, 0.25) is 0 Å². The fourth-order valence-corrected chi connectivity index (χ4v) is 2.89. The standard InChI is InChI=1S/C20H10F2N4/c21-19-17-9-15-5-3-13(24-15)7-11-1-2-12(23-11)8-14-4-6-16(25-14)10-18(26-17)20(19)22/h1-10H. The highest BCUT2D eigenvalue weighted by atomic mass is 19.2. The van der Waals surface area contributed by atoms with Crippen LogP contribution < -0.4 is 0 Å². The molecule has 0 saturated carbocycles. The van der Waals surface area contributed by atoms with Crippen LogP contribution in [-0.4, -0.2) is 22.8 Å². The first kappa shape index (κ1) is 14.8. The van der Waals surface area contributed by atoms with E-state index >= 15 is 0 Å². The minimum absolute atomic E-state index is 0.0856. The highest BCUT2D eigenvalue weighted by Gasteiger charge is 2.24. The molecule has 8 bridgehead atoms. The molecule has 5 heterocycles. The Labute approximate surface area is 147 Å². The summed E-state index contributed by atoms with van der Waals surface area (Å²) >= 11 is 0. The van der Waals surface area contributed by atoms with Crippen molar-refractivity contribution in [3.8, 4) is 0 Å². The van der Waals surface area contributed by atoms with Gasteiger partial charge in [0.05, 0.1) is 34.2 Å². The van der Waals surface area contributed by atoms with Crippen molar-refractivity contribution in [1.82, 2.24) is 0 Å². The molecule has 5 rings (SSSR count). The summed E-state index contributed by atoms with van der Waals surface area (Å²) in [6.07, 6.45) is 17.3. The minimum Gasteiger partial charge on any atom is -0.249 e. The third-order valence-electron chi connectivity index (χ3n) is 4.09. The molecule has 0 atom stereocenters. The van der Waals surface area contributed by atoms with Gasteiger partial charge in [0.1, 0.15) is 11.4 Å². The summed E-state index contributed by atoms with van der Waals surface area (Å²) in [7, 11) is 0. The van der Waals surface area contributed by atoms with E-state index in [0.717, 1.165) is 11.4 Å². The van der Waals surface area contributed by atoms with Gasteiger partial charge in [-0.1, -0.05) is 0 Å². The van der Waals surface area contributed by atoms with Crippen LogP contribution in [0.4, 0.5) is 8.78 Å². The van der Waals surface area contributed by atoms with Crippen LogP contribution in [0.25, 0.3) is 0 Å². The highest BCUT2D eigenvalue weighted by molar-refractivity contribution is 6.15. The van der Waals surface area contributed by atoms with Crippen LogP contribution in [0.1, 0.15) is 0 Å². The Morgan fingerprint density at radius 3 is 1.58 bits per heavy atom. The van der Waals surface area contributed by atoms with Gasteiger partial charge in [0.25, 0.3) is 0 Å². The Morgan fingerprint density at radius 2 is 1.00 bits per heavy atom. The van der Waals surface area contributed by atoms with E-state index < -0.39 is 11.7 Å². The Balaban J connectivity index is 1.69. The van der Waals surface area contributed by atoms with Gasteiger partial charge in [-0.3, -0.25) is 0 Å². The lowest BCUT2D eigenvalue weighted by Crippen LogP contribution is -1.91. The second kappa shape index (κ2) is 5.49. The molecule has 0 saturated heterocycles. The molecule has 6 heteroatoms. The molecular weight excluding hydrogens is 334 g/mol. The van der Waals surface area contributed by atoms with E-state index in [2.05, 4.69) is 20.0 Å². The SMILES string of the molecule is FC1=C(F)C2=NC1=CC1=NC(=CC3=NC(=CC4=NC(=C2)C=C4)C=C3)C=C1. The normalized spacial score (nSPS) is 22.7. The van der Waals surface area contributed by atoms with E-state index in [9.17, 15) is 8.78 Å². The zero-order chi connectivity index (χ0) is 17.7. The Kier molecular flexibility index (Phi) is 3.12. The Bertz CT molecular complexity index is 1130. The van der Waals surface area contributed by atoms with Crippen molar-refractivity contribution in [3.63, 3.8) is 0 Å². The van der Waals surface area contributed by atoms with Crippen molar-refractivity contribution in [3.05, 3.63) is 95.2 Å². The van der Waals surface area contributed by atoms with Gasteiger partial charge in [0.2, 0.25) is 0 Å². The van der Waals surface area contributed by atoms with Gasteiger partial charge in [-0.15, -0.1) is 0 Å². The molecular formula is C20H10F2N4. The zero-order valence-corrected chi connectivity index (χ0v) is 13.3. The second-order valence-electron chi connectivity index (χ2n) is 5.97. The first-order chi connectivity index (χ1) is 12.6. The number of hydrogen-bond donors (Lipinski definition) is 0.